The van der Waals surface area contributed by atoms with Gasteiger partial charge >= 0.3 is 0 Å². The summed E-state index contributed by atoms with van der Waals surface area (Å²) >= 11 is 0. The van der Waals surface area contributed by atoms with E-state index < -0.39 is 5.60 Å². The first-order chi connectivity index (χ1) is 15.4. The topological polar surface area (TPSA) is 72.2 Å². The lowest BCUT2D eigenvalue weighted by molar-refractivity contribution is 0.0627. The maximum Gasteiger partial charge on any atom is 0.146 e. The van der Waals surface area contributed by atoms with Crippen LogP contribution in [0.4, 0.5) is 5.82 Å². The molecule has 2 aliphatic carbocycles. The number of aliphatic hydroxyl groups is 1. The van der Waals surface area contributed by atoms with Crippen molar-refractivity contribution in [2.45, 2.75) is 63.8 Å². The number of benzene rings is 2. The molecule has 0 atom stereocenters. The van der Waals surface area contributed by atoms with Crippen LogP contribution >= 0.6 is 0 Å². The monoisotopic (exact) mass is 428 g/mol. The van der Waals surface area contributed by atoms with E-state index in [2.05, 4.69) is 57.9 Å². The van der Waals surface area contributed by atoms with Crippen LogP contribution in [0.25, 0.3) is 32.9 Å². The Hall–Kier alpha value is -3.12. The van der Waals surface area contributed by atoms with Crippen molar-refractivity contribution in [1.29, 1.82) is 0 Å². The summed E-state index contributed by atoms with van der Waals surface area (Å²) in [4.78, 5) is 9.17. The van der Waals surface area contributed by atoms with E-state index in [9.17, 15) is 5.11 Å². The molecule has 2 aromatic carbocycles. The lowest BCUT2D eigenvalue weighted by Gasteiger charge is -2.18. The van der Waals surface area contributed by atoms with Crippen molar-refractivity contribution in [3.63, 3.8) is 0 Å². The van der Waals surface area contributed by atoms with Gasteiger partial charge in [0.2, 0.25) is 0 Å². The van der Waals surface area contributed by atoms with Gasteiger partial charge < -0.3 is 19.7 Å². The van der Waals surface area contributed by atoms with E-state index in [1.54, 1.807) is 6.33 Å². The molecule has 2 N–H and O–H groups in total. The summed E-state index contributed by atoms with van der Waals surface area (Å²) in [6.45, 7) is 4.10. The third kappa shape index (κ3) is 3.91. The number of hydrogen-bond donors (Lipinski definition) is 2. The molecule has 0 amide bonds. The van der Waals surface area contributed by atoms with Gasteiger partial charge in [0.05, 0.1) is 23.6 Å². The smallest absolute Gasteiger partial charge is 0.146 e. The molecule has 32 heavy (non-hydrogen) atoms. The van der Waals surface area contributed by atoms with Gasteiger partial charge in [0.1, 0.15) is 23.5 Å². The molecule has 2 fully saturated rings. The minimum atomic E-state index is -0.848. The number of ether oxygens (including phenoxy) is 1. The summed E-state index contributed by atoms with van der Waals surface area (Å²) in [6.07, 6.45) is 8.76. The Morgan fingerprint density at radius 1 is 1.06 bits per heavy atom. The summed E-state index contributed by atoms with van der Waals surface area (Å²) < 4.78 is 8.01. The van der Waals surface area contributed by atoms with Gasteiger partial charge in [-0.15, -0.1) is 0 Å². The van der Waals surface area contributed by atoms with Crippen LogP contribution < -0.4 is 10.1 Å². The second-order valence-corrected chi connectivity index (χ2v) is 9.86. The Bertz CT molecular complexity index is 1310. The highest BCUT2D eigenvalue weighted by atomic mass is 16.5. The molecule has 6 heteroatoms. The molecule has 2 aliphatic rings. The summed E-state index contributed by atoms with van der Waals surface area (Å²) in [6, 6.07) is 13.3. The van der Waals surface area contributed by atoms with Crippen molar-refractivity contribution in [2.75, 3.05) is 5.32 Å². The van der Waals surface area contributed by atoms with Crippen LogP contribution in [0, 0.1) is 0 Å². The maximum absolute atomic E-state index is 10.5. The standard InChI is InChI=1S/C26H28N4O2/c1-26(2,31)14-30-13-22(23-24(29-19-6-7-19)27-15-28-25(23)30)18-4-3-17-12-21(32-20-9-10-20)8-5-16(17)11-18/h3-5,8,11-13,15,19-20,31H,6-7,9-10,14H2,1-2H3,(H,27,28,29). The van der Waals surface area contributed by atoms with Crippen LogP contribution in [-0.4, -0.2) is 37.4 Å². The molecule has 0 saturated heterocycles. The van der Waals surface area contributed by atoms with Crippen LogP contribution in [0.3, 0.4) is 0 Å². The van der Waals surface area contributed by atoms with E-state index in [-0.39, 0.29) is 0 Å². The molecule has 0 bridgehead atoms. The van der Waals surface area contributed by atoms with Crippen molar-refractivity contribution in [3.05, 3.63) is 48.9 Å². The predicted molar refractivity (Wildman–Crippen MR) is 127 cm³/mol. The Morgan fingerprint density at radius 2 is 1.84 bits per heavy atom. The highest BCUT2D eigenvalue weighted by Gasteiger charge is 2.26. The first-order valence-corrected chi connectivity index (χ1v) is 11.5. The zero-order chi connectivity index (χ0) is 21.9. The van der Waals surface area contributed by atoms with Crippen molar-refractivity contribution < 1.29 is 9.84 Å². The van der Waals surface area contributed by atoms with Gasteiger partial charge in [-0.25, -0.2) is 9.97 Å². The first-order valence-electron chi connectivity index (χ1n) is 11.5. The van der Waals surface area contributed by atoms with Gasteiger partial charge in [-0.2, -0.15) is 0 Å². The number of anilines is 1. The lowest BCUT2D eigenvalue weighted by atomic mass is 10.0. The van der Waals surface area contributed by atoms with Gasteiger partial charge in [-0.3, -0.25) is 0 Å². The molecule has 0 aliphatic heterocycles. The predicted octanol–water partition coefficient (Wildman–Crippen LogP) is 5.14. The maximum atomic E-state index is 10.5. The Balaban J connectivity index is 1.46. The Morgan fingerprint density at radius 3 is 2.59 bits per heavy atom. The van der Waals surface area contributed by atoms with Crippen LogP contribution in [-0.2, 0) is 6.54 Å². The van der Waals surface area contributed by atoms with E-state index in [1.165, 1.54) is 23.6 Å². The molecule has 6 rings (SSSR count). The normalized spacial score (nSPS) is 16.6. The highest BCUT2D eigenvalue weighted by molar-refractivity contribution is 6.03. The van der Waals surface area contributed by atoms with Crippen LogP contribution in [0.5, 0.6) is 5.75 Å². The summed E-state index contributed by atoms with van der Waals surface area (Å²) in [7, 11) is 0. The van der Waals surface area contributed by atoms with Crippen molar-refractivity contribution >= 4 is 27.6 Å². The molecule has 0 spiro atoms. The summed E-state index contributed by atoms with van der Waals surface area (Å²) in [5, 5.41) is 17.4. The van der Waals surface area contributed by atoms with E-state index in [0.717, 1.165) is 46.6 Å². The van der Waals surface area contributed by atoms with Crippen molar-refractivity contribution in [1.82, 2.24) is 14.5 Å². The molecule has 2 heterocycles. The quantitative estimate of drug-likeness (QED) is 0.427. The molecule has 6 nitrogen and oxygen atoms in total. The average Bonchev–Trinajstić information content (AvgIpc) is 3.68. The largest absolute Gasteiger partial charge is 0.490 e. The zero-order valence-corrected chi connectivity index (χ0v) is 18.5. The van der Waals surface area contributed by atoms with E-state index >= 15 is 0 Å². The van der Waals surface area contributed by atoms with Crippen LogP contribution in [0.1, 0.15) is 39.5 Å². The number of hydrogen-bond acceptors (Lipinski definition) is 5. The minimum absolute atomic E-state index is 0.394. The summed E-state index contributed by atoms with van der Waals surface area (Å²) in [5.41, 5.74) is 2.18. The van der Waals surface area contributed by atoms with E-state index in [1.807, 2.05) is 18.4 Å². The number of rotatable bonds is 7. The zero-order valence-electron chi connectivity index (χ0n) is 18.5. The fraction of sp³-hybridized carbons (Fsp3) is 0.385. The lowest BCUT2D eigenvalue weighted by Crippen LogP contribution is -2.25. The van der Waals surface area contributed by atoms with Gasteiger partial charge in [0, 0.05) is 17.8 Å². The van der Waals surface area contributed by atoms with E-state index in [4.69, 9.17) is 4.74 Å². The molecule has 0 unspecified atom stereocenters. The van der Waals surface area contributed by atoms with Crippen molar-refractivity contribution in [2.24, 2.45) is 0 Å². The van der Waals surface area contributed by atoms with Gasteiger partial charge in [-0.1, -0.05) is 18.2 Å². The molecule has 0 radical (unpaired) electrons. The van der Waals surface area contributed by atoms with Crippen molar-refractivity contribution in [3.8, 4) is 16.9 Å². The van der Waals surface area contributed by atoms with Gasteiger partial charge in [0.15, 0.2) is 0 Å². The molecular weight excluding hydrogens is 400 g/mol. The van der Waals surface area contributed by atoms with Gasteiger partial charge in [-0.05, 0) is 74.1 Å². The highest BCUT2D eigenvalue weighted by Crippen LogP contribution is 2.38. The fourth-order valence-electron chi connectivity index (χ4n) is 4.25. The number of aromatic nitrogens is 3. The average molecular weight is 429 g/mol. The summed E-state index contributed by atoms with van der Waals surface area (Å²) in [5.74, 6) is 1.81. The van der Waals surface area contributed by atoms with Crippen LogP contribution in [0.15, 0.2) is 48.9 Å². The van der Waals surface area contributed by atoms with Gasteiger partial charge in [0.25, 0.3) is 0 Å². The third-order valence-electron chi connectivity index (χ3n) is 6.08. The SMILES string of the molecule is CC(C)(O)Cn1cc(-c2ccc3cc(OC4CC4)ccc3c2)c2c(NC3CC3)ncnc21. The third-order valence-corrected chi connectivity index (χ3v) is 6.08. The Kier molecular flexibility index (Phi) is 4.40. The number of nitrogens with one attached hydrogen (secondary N) is 1. The molecule has 164 valence electrons. The number of fused-ring (bicyclic) bond motifs is 2. The molecule has 4 aromatic rings. The minimum Gasteiger partial charge on any atom is -0.490 e. The Labute approximate surface area is 187 Å². The molecule has 2 aromatic heterocycles. The second kappa shape index (κ2) is 7.20. The molecular formula is C26H28N4O2. The number of nitrogens with zero attached hydrogens (tertiary/aromatic N) is 3. The second-order valence-electron chi connectivity index (χ2n) is 9.86. The van der Waals surface area contributed by atoms with E-state index in [0.29, 0.717) is 18.7 Å². The first kappa shape index (κ1) is 19.6. The molecule has 2 saturated carbocycles. The van der Waals surface area contributed by atoms with Crippen LogP contribution in [0.2, 0.25) is 0 Å². The fourth-order valence-corrected chi connectivity index (χ4v) is 4.25.